The molecular weight excluding hydrogens is 438 g/mol. The Kier molecular flexibility index (Phi) is 28.5. The average Bonchev–Trinajstić information content (AvgIpc) is 3.55. The van der Waals surface area contributed by atoms with Crippen molar-refractivity contribution in [2.75, 3.05) is 53.7 Å². The van der Waals surface area contributed by atoms with Crippen molar-refractivity contribution >= 4 is 23.9 Å². The van der Waals surface area contributed by atoms with Crippen molar-refractivity contribution in [2.45, 2.75) is 27.7 Å². The van der Waals surface area contributed by atoms with Crippen LogP contribution in [0.15, 0.2) is 36.5 Å². The largest absolute Gasteiger partial charge is 0.481 e. The molecular formula is C22H39NO10. The second-order valence-electron chi connectivity index (χ2n) is 6.58. The summed E-state index contributed by atoms with van der Waals surface area (Å²) in [4.78, 5) is 41.8. The molecule has 0 aromatic rings. The van der Waals surface area contributed by atoms with E-state index in [4.69, 9.17) is 24.9 Å². The lowest BCUT2D eigenvalue weighted by molar-refractivity contribution is -0.140. The molecule has 0 aromatic carbocycles. The van der Waals surface area contributed by atoms with Crippen molar-refractivity contribution in [1.82, 2.24) is 4.90 Å². The van der Waals surface area contributed by atoms with Crippen LogP contribution in [0.2, 0.25) is 0 Å². The Hall–Kier alpha value is -3.02. The van der Waals surface area contributed by atoms with Crippen LogP contribution < -0.4 is 0 Å². The van der Waals surface area contributed by atoms with Gasteiger partial charge in [-0.2, -0.15) is 0 Å². The third-order valence-electron chi connectivity index (χ3n) is 2.36. The van der Waals surface area contributed by atoms with E-state index in [1.807, 2.05) is 19.0 Å². The summed E-state index contributed by atoms with van der Waals surface area (Å²) < 4.78 is 13.8. The number of aliphatic hydroxyl groups excluding tert-OH is 1. The highest BCUT2D eigenvalue weighted by molar-refractivity contribution is 5.87. The molecule has 0 amide bonds. The van der Waals surface area contributed by atoms with E-state index in [-0.39, 0.29) is 24.8 Å². The highest BCUT2D eigenvalue weighted by Crippen LogP contribution is 1.91. The fourth-order valence-electron chi connectivity index (χ4n) is 0.706. The van der Waals surface area contributed by atoms with Gasteiger partial charge in [0.15, 0.2) is 0 Å². The number of hydrogen-bond acceptors (Lipinski definition) is 9. The summed E-state index contributed by atoms with van der Waals surface area (Å²) in [5.74, 6) is -2.54. The fraction of sp³-hybridized carbons (Fsp3) is 0.545. The van der Waals surface area contributed by atoms with Crippen molar-refractivity contribution < 1.29 is 48.7 Å². The highest BCUT2D eigenvalue weighted by atomic mass is 16.6. The van der Waals surface area contributed by atoms with E-state index in [1.54, 1.807) is 13.8 Å². The molecule has 0 aliphatic carbocycles. The molecule has 33 heavy (non-hydrogen) atoms. The van der Waals surface area contributed by atoms with E-state index in [9.17, 15) is 14.4 Å². The standard InChI is InChI=1S/C8H15NO2.C6H10O3.C4H6O2.C2H4O2.C2H4O/c1-7(2)8(10)11-6-5-9(3)4;1-5(2)6(8)9-4-3-7;1-3(2)4(5)6;1-2(3)4;1-2-3-1/h1,5-6H2,2-4H3;7H,1,3-4H2,2H3;1H2,2H3,(H,5,6);1H3,(H,3,4);1-2H2. The van der Waals surface area contributed by atoms with E-state index in [2.05, 4.69) is 29.2 Å². The summed E-state index contributed by atoms with van der Waals surface area (Å²) in [6, 6.07) is 0. The summed E-state index contributed by atoms with van der Waals surface area (Å²) in [5.41, 5.74) is 0.974. The number of ether oxygens (including phenoxy) is 3. The normalized spacial score (nSPS) is 9.94. The number of aliphatic carboxylic acids is 2. The van der Waals surface area contributed by atoms with Gasteiger partial charge in [0.25, 0.3) is 5.97 Å². The molecule has 192 valence electrons. The molecule has 1 rings (SSSR count). The molecule has 1 aliphatic heterocycles. The zero-order chi connectivity index (χ0) is 27.0. The van der Waals surface area contributed by atoms with E-state index in [0.717, 1.165) is 26.7 Å². The van der Waals surface area contributed by atoms with Gasteiger partial charge in [-0.3, -0.25) is 4.79 Å². The molecule has 1 saturated heterocycles. The van der Waals surface area contributed by atoms with Gasteiger partial charge < -0.3 is 34.4 Å². The quantitative estimate of drug-likeness (QED) is 0.264. The van der Waals surface area contributed by atoms with Crippen LogP contribution in [-0.2, 0) is 33.4 Å². The van der Waals surface area contributed by atoms with Gasteiger partial charge in [0, 0.05) is 30.2 Å². The van der Waals surface area contributed by atoms with Crippen LogP contribution in [0.1, 0.15) is 27.7 Å². The monoisotopic (exact) mass is 477 g/mol. The predicted molar refractivity (Wildman–Crippen MR) is 124 cm³/mol. The molecule has 0 atom stereocenters. The van der Waals surface area contributed by atoms with E-state index in [0.29, 0.717) is 17.8 Å². The molecule has 0 saturated carbocycles. The van der Waals surface area contributed by atoms with Gasteiger partial charge in [-0.1, -0.05) is 19.7 Å². The van der Waals surface area contributed by atoms with Crippen LogP contribution in [0.4, 0.5) is 0 Å². The first-order valence-electron chi connectivity index (χ1n) is 9.66. The summed E-state index contributed by atoms with van der Waals surface area (Å²) in [7, 11) is 3.85. The van der Waals surface area contributed by atoms with Crippen LogP contribution in [0.25, 0.3) is 0 Å². The number of carbonyl (C=O) groups excluding carboxylic acids is 2. The molecule has 0 unspecified atom stereocenters. The number of carbonyl (C=O) groups is 4. The van der Waals surface area contributed by atoms with Gasteiger partial charge in [-0.25, -0.2) is 14.4 Å². The molecule has 1 heterocycles. The van der Waals surface area contributed by atoms with E-state index < -0.39 is 17.9 Å². The SMILES string of the molecule is C1CO1.C=C(C)C(=O)O.C=C(C)C(=O)OCCN(C)C.C=C(C)C(=O)OCCO.CC(=O)O. The summed E-state index contributed by atoms with van der Waals surface area (Å²) in [5, 5.41) is 23.5. The van der Waals surface area contributed by atoms with Crippen LogP contribution >= 0.6 is 0 Å². The maximum Gasteiger partial charge on any atom is 0.333 e. The van der Waals surface area contributed by atoms with Gasteiger partial charge in [-0.15, -0.1) is 0 Å². The first kappa shape index (κ1) is 37.3. The minimum absolute atomic E-state index is 0.0473. The Morgan fingerprint density at radius 2 is 1.12 bits per heavy atom. The Morgan fingerprint density at radius 1 is 0.818 bits per heavy atom. The van der Waals surface area contributed by atoms with E-state index in [1.165, 1.54) is 6.92 Å². The Balaban J connectivity index is -0.000000171. The molecule has 0 aromatic heterocycles. The second kappa shape index (κ2) is 25.2. The van der Waals surface area contributed by atoms with Gasteiger partial charge in [-0.05, 0) is 34.9 Å². The molecule has 0 spiro atoms. The second-order valence-corrected chi connectivity index (χ2v) is 6.58. The number of nitrogens with zero attached hydrogens (tertiary/aromatic N) is 1. The van der Waals surface area contributed by atoms with Gasteiger partial charge >= 0.3 is 17.9 Å². The number of carboxylic acids is 2. The highest BCUT2D eigenvalue weighted by Gasteiger charge is 2.02. The number of epoxide rings is 1. The maximum absolute atomic E-state index is 10.8. The van der Waals surface area contributed by atoms with E-state index >= 15 is 0 Å². The topological polar surface area (TPSA) is 163 Å². The number of esters is 2. The molecule has 1 aliphatic rings. The number of carboxylic acid groups (broad SMARTS) is 2. The van der Waals surface area contributed by atoms with Gasteiger partial charge in [0.05, 0.1) is 19.8 Å². The fourth-order valence-corrected chi connectivity index (χ4v) is 0.706. The van der Waals surface area contributed by atoms with Crippen molar-refractivity contribution in [3.8, 4) is 0 Å². The number of rotatable bonds is 8. The van der Waals surface area contributed by atoms with Crippen molar-refractivity contribution in [1.29, 1.82) is 0 Å². The van der Waals surface area contributed by atoms with Gasteiger partial charge in [0.1, 0.15) is 13.2 Å². The predicted octanol–water partition coefficient (Wildman–Crippen LogP) is 1.52. The van der Waals surface area contributed by atoms with Crippen molar-refractivity contribution in [3.05, 3.63) is 36.5 Å². The Labute approximate surface area is 195 Å². The molecule has 0 bridgehead atoms. The third-order valence-corrected chi connectivity index (χ3v) is 2.36. The lowest BCUT2D eigenvalue weighted by atomic mass is 10.4. The molecule has 11 nitrogen and oxygen atoms in total. The third kappa shape index (κ3) is 52.8. The maximum atomic E-state index is 10.8. The molecule has 11 heteroatoms. The zero-order valence-electron chi connectivity index (χ0n) is 20.5. The molecule has 0 radical (unpaired) electrons. The van der Waals surface area contributed by atoms with Crippen molar-refractivity contribution in [3.63, 3.8) is 0 Å². The smallest absolute Gasteiger partial charge is 0.333 e. The number of hydrogen-bond donors (Lipinski definition) is 3. The Morgan fingerprint density at radius 3 is 1.30 bits per heavy atom. The molecule has 3 N–H and O–H groups in total. The minimum atomic E-state index is -0.935. The van der Waals surface area contributed by atoms with Crippen molar-refractivity contribution in [2.24, 2.45) is 0 Å². The first-order valence-corrected chi connectivity index (χ1v) is 9.66. The lowest BCUT2D eigenvalue weighted by Gasteiger charge is -2.09. The number of aliphatic hydroxyl groups is 1. The minimum Gasteiger partial charge on any atom is -0.481 e. The summed E-state index contributed by atoms with van der Waals surface area (Å²) in [6.07, 6.45) is 0. The average molecular weight is 478 g/mol. The first-order chi connectivity index (χ1) is 15.1. The van der Waals surface area contributed by atoms with Crippen LogP contribution in [0.3, 0.4) is 0 Å². The van der Waals surface area contributed by atoms with Gasteiger partial charge in [0.2, 0.25) is 0 Å². The van der Waals surface area contributed by atoms with Crippen LogP contribution in [0, 0.1) is 0 Å². The number of likely N-dealkylation sites (N-methyl/N-ethyl adjacent to an activating group) is 1. The Bertz CT molecular complexity index is 606. The lowest BCUT2D eigenvalue weighted by Crippen LogP contribution is -2.20. The molecule has 1 fully saturated rings. The summed E-state index contributed by atoms with van der Waals surface area (Å²) in [6.45, 7) is 18.8. The summed E-state index contributed by atoms with van der Waals surface area (Å²) >= 11 is 0. The zero-order valence-corrected chi connectivity index (χ0v) is 20.5. The van der Waals surface area contributed by atoms with Crippen LogP contribution in [-0.4, -0.2) is 97.8 Å². The van der Waals surface area contributed by atoms with Crippen LogP contribution in [0.5, 0.6) is 0 Å².